The van der Waals surface area contributed by atoms with Crippen LogP contribution in [-0.4, -0.2) is 20.5 Å². The number of nitrogens with one attached hydrogen (secondary N) is 1. The molecule has 1 aromatic carbocycles. The van der Waals surface area contributed by atoms with Gasteiger partial charge in [0.05, 0.1) is 11.9 Å². The molecule has 0 spiro atoms. The molecule has 1 amide bonds. The van der Waals surface area contributed by atoms with Gasteiger partial charge in [-0.1, -0.05) is 23.5 Å². The van der Waals surface area contributed by atoms with Gasteiger partial charge in [0.25, 0.3) is 5.91 Å². The van der Waals surface area contributed by atoms with Gasteiger partial charge in [-0.05, 0) is 28.1 Å². The molecule has 0 unspecified atom stereocenters. The Hall–Kier alpha value is -1.73. The second-order valence-electron chi connectivity index (χ2n) is 3.53. The third-order valence-corrected chi connectivity index (χ3v) is 3.72. The van der Waals surface area contributed by atoms with Gasteiger partial charge in [0.2, 0.25) is 4.96 Å². The largest absolute Gasteiger partial charge is 0.320 e. The fourth-order valence-corrected chi connectivity index (χ4v) is 2.48. The highest BCUT2D eigenvalue weighted by atomic mass is 79.9. The number of carbonyl (C=O) groups is 1. The molecule has 2 aromatic heterocycles. The van der Waals surface area contributed by atoms with Crippen molar-refractivity contribution >= 4 is 43.8 Å². The first-order valence-electron chi connectivity index (χ1n) is 5.09. The lowest BCUT2D eigenvalue weighted by atomic mass is 10.3. The minimum atomic E-state index is -0.250. The van der Waals surface area contributed by atoms with Crippen molar-refractivity contribution in [3.8, 4) is 0 Å². The van der Waals surface area contributed by atoms with Crippen LogP contribution in [0, 0.1) is 0 Å². The van der Waals surface area contributed by atoms with E-state index in [0.717, 1.165) is 4.47 Å². The van der Waals surface area contributed by atoms with Crippen molar-refractivity contribution < 1.29 is 4.79 Å². The maximum atomic E-state index is 12.0. The molecule has 0 radical (unpaired) electrons. The fraction of sp³-hybridized carbons (Fsp3) is 0. The summed E-state index contributed by atoms with van der Waals surface area (Å²) in [5, 5.41) is 6.82. The summed E-state index contributed by atoms with van der Waals surface area (Å²) in [6.45, 7) is 0. The average Bonchev–Trinajstić information content (AvgIpc) is 2.92. The molecule has 0 bridgehead atoms. The molecule has 90 valence electrons. The van der Waals surface area contributed by atoms with E-state index in [2.05, 4.69) is 31.3 Å². The van der Waals surface area contributed by atoms with Gasteiger partial charge >= 0.3 is 0 Å². The van der Waals surface area contributed by atoms with Crippen LogP contribution in [0.3, 0.4) is 0 Å². The number of benzene rings is 1. The van der Waals surface area contributed by atoms with Crippen LogP contribution < -0.4 is 5.32 Å². The molecular weight excluding hydrogens is 316 g/mol. The summed E-state index contributed by atoms with van der Waals surface area (Å²) < 4.78 is 2.41. The van der Waals surface area contributed by atoms with Crippen LogP contribution in [0.25, 0.3) is 4.96 Å². The average molecular weight is 323 g/mol. The Morgan fingerprint density at radius 1 is 1.39 bits per heavy atom. The Balaban J connectivity index is 1.87. The lowest BCUT2D eigenvalue weighted by Crippen LogP contribution is -2.12. The van der Waals surface area contributed by atoms with Gasteiger partial charge in [-0.2, -0.15) is 5.10 Å². The van der Waals surface area contributed by atoms with E-state index in [1.807, 2.05) is 24.3 Å². The zero-order valence-corrected chi connectivity index (χ0v) is 11.4. The van der Waals surface area contributed by atoms with E-state index >= 15 is 0 Å². The minimum absolute atomic E-state index is 0.250. The van der Waals surface area contributed by atoms with Crippen LogP contribution >= 0.6 is 27.3 Å². The van der Waals surface area contributed by atoms with Gasteiger partial charge in [-0.15, -0.1) is 0 Å². The Kier molecular flexibility index (Phi) is 2.85. The Bertz CT molecular complexity index is 692. The number of nitrogens with zero attached hydrogens (tertiary/aromatic N) is 3. The summed E-state index contributed by atoms with van der Waals surface area (Å²) >= 11 is 4.76. The molecule has 0 aliphatic heterocycles. The number of fused-ring (bicyclic) bond motifs is 1. The molecule has 0 atom stereocenters. The van der Waals surface area contributed by atoms with Crippen molar-refractivity contribution in [2.45, 2.75) is 0 Å². The monoisotopic (exact) mass is 322 g/mol. The van der Waals surface area contributed by atoms with E-state index in [1.54, 1.807) is 16.2 Å². The van der Waals surface area contributed by atoms with E-state index in [-0.39, 0.29) is 5.91 Å². The van der Waals surface area contributed by atoms with E-state index in [0.29, 0.717) is 16.3 Å². The van der Waals surface area contributed by atoms with E-state index in [4.69, 9.17) is 0 Å². The van der Waals surface area contributed by atoms with Crippen LogP contribution in [0.15, 0.2) is 40.4 Å². The first-order chi connectivity index (χ1) is 8.74. The molecule has 3 rings (SSSR count). The predicted octanol–water partition coefficient (Wildman–Crippen LogP) is 2.81. The molecule has 18 heavy (non-hydrogen) atoms. The van der Waals surface area contributed by atoms with Crippen molar-refractivity contribution in [2.24, 2.45) is 0 Å². The molecule has 1 N–H and O–H groups in total. The van der Waals surface area contributed by atoms with Crippen LogP contribution in [0.4, 0.5) is 5.69 Å². The normalized spacial score (nSPS) is 10.7. The van der Waals surface area contributed by atoms with Gasteiger partial charge in [0.1, 0.15) is 11.2 Å². The number of hydrogen-bond acceptors (Lipinski definition) is 4. The molecule has 0 aliphatic rings. The molecule has 0 aliphatic carbocycles. The lowest BCUT2D eigenvalue weighted by Gasteiger charge is -2.04. The standard InChI is InChI=1S/C11H7BrN4OS/c12-7-3-1-2-4-8(7)14-10(17)9-5-16-11(15-9)18-6-13-16/h1-6H,(H,14,17). The molecule has 0 saturated carbocycles. The Labute approximate surface area is 115 Å². The Morgan fingerprint density at radius 2 is 2.22 bits per heavy atom. The topological polar surface area (TPSA) is 59.3 Å². The van der Waals surface area contributed by atoms with Gasteiger partial charge in [-0.3, -0.25) is 4.79 Å². The number of imidazole rings is 1. The molecule has 0 saturated heterocycles. The van der Waals surface area contributed by atoms with Gasteiger partial charge in [-0.25, -0.2) is 9.50 Å². The summed E-state index contributed by atoms with van der Waals surface area (Å²) in [5.41, 5.74) is 2.74. The summed E-state index contributed by atoms with van der Waals surface area (Å²) in [5.74, 6) is -0.250. The quantitative estimate of drug-likeness (QED) is 0.789. The number of rotatable bonds is 2. The third kappa shape index (κ3) is 2.02. The highest BCUT2D eigenvalue weighted by Crippen LogP contribution is 2.21. The zero-order chi connectivity index (χ0) is 12.5. The van der Waals surface area contributed by atoms with Crippen molar-refractivity contribution in [1.29, 1.82) is 0 Å². The van der Waals surface area contributed by atoms with Crippen LogP contribution in [0.1, 0.15) is 10.5 Å². The maximum Gasteiger partial charge on any atom is 0.276 e. The number of hydrogen-bond donors (Lipinski definition) is 1. The first kappa shape index (κ1) is 11.4. The number of anilines is 1. The maximum absolute atomic E-state index is 12.0. The van der Waals surface area contributed by atoms with Crippen molar-refractivity contribution in [3.63, 3.8) is 0 Å². The third-order valence-electron chi connectivity index (χ3n) is 2.34. The SMILES string of the molecule is O=C(Nc1ccccc1Br)c1cn2ncsc2n1. The molecule has 5 nitrogen and oxygen atoms in total. The van der Waals surface area contributed by atoms with E-state index in [1.165, 1.54) is 11.3 Å². The summed E-state index contributed by atoms with van der Waals surface area (Å²) in [4.78, 5) is 16.9. The van der Waals surface area contributed by atoms with Crippen molar-refractivity contribution in [1.82, 2.24) is 14.6 Å². The van der Waals surface area contributed by atoms with Crippen LogP contribution in [0.5, 0.6) is 0 Å². The van der Waals surface area contributed by atoms with Crippen molar-refractivity contribution in [3.05, 3.63) is 46.1 Å². The fourth-order valence-electron chi connectivity index (χ4n) is 1.50. The molecule has 2 heterocycles. The Morgan fingerprint density at radius 3 is 3.00 bits per heavy atom. The lowest BCUT2D eigenvalue weighted by molar-refractivity contribution is 0.102. The van der Waals surface area contributed by atoms with Crippen LogP contribution in [-0.2, 0) is 0 Å². The highest BCUT2D eigenvalue weighted by molar-refractivity contribution is 9.10. The van der Waals surface area contributed by atoms with E-state index < -0.39 is 0 Å². The van der Waals surface area contributed by atoms with Gasteiger partial charge in [0, 0.05) is 4.47 Å². The van der Waals surface area contributed by atoms with Crippen molar-refractivity contribution in [2.75, 3.05) is 5.32 Å². The smallest absolute Gasteiger partial charge is 0.276 e. The highest BCUT2D eigenvalue weighted by Gasteiger charge is 2.13. The number of amides is 1. The summed E-state index contributed by atoms with van der Waals surface area (Å²) in [7, 11) is 0. The number of para-hydroxylation sites is 1. The van der Waals surface area contributed by atoms with Crippen LogP contribution in [0.2, 0.25) is 0 Å². The second kappa shape index (κ2) is 4.51. The van der Waals surface area contributed by atoms with E-state index in [9.17, 15) is 4.79 Å². The second-order valence-corrected chi connectivity index (χ2v) is 5.19. The predicted molar refractivity (Wildman–Crippen MR) is 73.0 cm³/mol. The summed E-state index contributed by atoms with van der Waals surface area (Å²) in [6, 6.07) is 7.42. The minimum Gasteiger partial charge on any atom is -0.320 e. The van der Waals surface area contributed by atoms with Gasteiger partial charge < -0.3 is 5.32 Å². The number of aromatic nitrogens is 3. The number of carbonyl (C=O) groups excluding carboxylic acids is 1. The van der Waals surface area contributed by atoms with Gasteiger partial charge in [0.15, 0.2) is 0 Å². The molecule has 7 heteroatoms. The molecule has 3 aromatic rings. The molecular formula is C11H7BrN4OS. The first-order valence-corrected chi connectivity index (χ1v) is 6.76. The zero-order valence-electron chi connectivity index (χ0n) is 9.00. The number of halogens is 1. The summed E-state index contributed by atoms with van der Waals surface area (Å²) in [6.07, 6.45) is 1.61. The molecule has 0 fully saturated rings.